The van der Waals surface area contributed by atoms with Crippen molar-refractivity contribution >= 4 is 11.9 Å². The normalized spacial score (nSPS) is 18.5. The second kappa shape index (κ2) is 8.36. The van der Waals surface area contributed by atoms with Crippen molar-refractivity contribution < 1.29 is 36.2 Å². The van der Waals surface area contributed by atoms with Crippen LogP contribution in [-0.2, 0) is 0 Å². The number of alkyl halides is 5. The summed E-state index contributed by atoms with van der Waals surface area (Å²) < 4.78 is 77.0. The van der Waals surface area contributed by atoms with E-state index in [2.05, 4.69) is 15.0 Å². The molecule has 0 bridgehead atoms. The lowest BCUT2D eigenvalue weighted by Gasteiger charge is -2.39. The van der Waals surface area contributed by atoms with Gasteiger partial charge in [0.1, 0.15) is 0 Å². The topological polar surface area (TPSA) is 89.5 Å². The molecular formula is C19H18F5N5O3. The molecule has 1 N–H and O–H groups in total. The smallest absolute Gasteiger partial charge is 0.414 e. The first-order chi connectivity index (χ1) is 15.1. The van der Waals surface area contributed by atoms with E-state index < -0.39 is 48.9 Å². The molecule has 13 heteroatoms. The summed E-state index contributed by atoms with van der Waals surface area (Å²) in [4.78, 5) is 24.9. The zero-order valence-electron chi connectivity index (χ0n) is 16.5. The fourth-order valence-electron chi connectivity index (χ4n) is 2.97. The molecule has 1 amide bonds. The molecule has 3 heterocycles. The van der Waals surface area contributed by atoms with Crippen LogP contribution in [0.1, 0.15) is 24.6 Å². The van der Waals surface area contributed by atoms with E-state index in [0.29, 0.717) is 5.92 Å². The van der Waals surface area contributed by atoms with Gasteiger partial charge in [0.15, 0.2) is 11.9 Å². The second-order valence-electron chi connectivity index (χ2n) is 7.57. The van der Waals surface area contributed by atoms with Crippen molar-refractivity contribution in [2.75, 3.05) is 24.6 Å². The molecule has 1 aliphatic heterocycles. The predicted octanol–water partition coefficient (Wildman–Crippen LogP) is 3.51. The average molecular weight is 459 g/mol. The second-order valence-corrected chi connectivity index (χ2v) is 7.57. The highest BCUT2D eigenvalue weighted by Gasteiger charge is 2.46. The van der Waals surface area contributed by atoms with E-state index >= 15 is 0 Å². The molecule has 0 unspecified atom stereocenters. The van der Waals surface area contributed by atoms with Crippen LogP contribution >= 0.6 is 0 Å². The summed E-state index contributed by atoms with van der Waals surface area (Å²) in [6.45, 7) is -0.865. The molecule has 2 aromatic heterocycles. The Morgan fingerprint density at radius 1 is 1.25 bits per heavy atom. The number of halogens is 5. The van der Waals surface area contributed by atoms with Crippen LogP contribution in [0.25, 0.3) is 0 Å². The quantitative estimate of drug-likeness (QED) is 0.634. The molecule has 0 spiro atoms. The minimum Gasteiger partial charge on any atom is -0.475 e. The Labute approximate surface area is 178 Å². The Bertz CT molecular complexity index is 964. The van der Waals surface area contributed by atoms with Gasteiger partial charge >= 0.3 is 12.3 Å². The van der Waals surface area contributed by atoms with E-state index in [-0.39, 0.29) is 18.3 Å². The Morgan fingerprint density at radius 3 is 2.59 bits per heavy atom. The summed E-state index contributed by atoms with van der Waals surface area (Å²) in [5.41, 5.74) is -0.425. The standard InChI is InChI=1S/C19H18F5N5O3/c20-18(21)9-29(10-18)15-16(31-8-11-4-5-11)27-13(7-26-15)32-17(30)28-14(19(22,23)24)12-3-1-2-6-25-12/h1-3,6-7,11,14H,4-5,8-10H2,(H,28,30)/t14-/m0/s1. The number of pyridine rings is 1. The SMILES string of the molecule is O=C(N[C@@H](c1ccccn1)C(F)(F)F)Oc1cnc(N2CC(F)(F)C2)c(OCC2CC2)n1. The molecule has 2 aliphatic rings. The summed E-state index contributed by atoms with van der Waals surface area (Å²) in [5.74, 6) is -3.07. The largest absolute Gasteiger partial charge is 0.475 e. The van der Waals surface area contributed by atoms with E-state index in [1.165, 1.54) is 17.0 Å². The summed E-state index contributed by atoms with van der Waals surface area (Å²) >= 11 is 0. The molecular weight excluding hydrogens is 441 g/mol. The van der Waals surface area contributed by atoms with E-state index in [1.807, 2.05) is 0 Å². The molecule has 172 valence electrons. The maximum atomic E-state index is 13.4. The van der Waals surface area contributed by atoms with Gasteiger partial charge in [0.2, 0.25) is 5.88 Å². The van der Waals surface area contributed by atoms with Gasteiger partial charge in [-0.05, 0) is 30.9 Å². The minimum atomic E-state index is -4.83. The number of ether oxygens (including phenoxy) is 2. The monoisotopic (exact) mass is 459 g/mol. The molecule has 2 fully saturated rings. The minimum absolute atomic E-state index is 0.0472. The summed E-state index contributed by atoms with van der Waals surface area (Å²) in [6, 6.07) is 1.49. The van der Waals surface area contributed by atoms with Gasteiger partial charge in [-0.25, -0.2) is 18.6 Å². The number of amides is 1. The van der Waals surface area contributed by atoms with Crippen molar-refractivity contribution in [3.63, 3.8) is 0 Å². The van der Waals surface area contributed by atoms with Gasteiger partial charge in [-0.1, -0.05) is 6.07 Å². The van der Waals surface area contributed by atoms with Crippen LogP contribution in [0.3, 0.4) is 0 Å². The summed E-state index contributed by atoms with van der Waals surface area (Å²) in [7, 11) is 0. The highest BCUT2D eigenvalue weighted by molar-refractivity contribution is 5.70. The fraction of sp³-hybridized carbons (Fsp3) is 0.474. The van der Waals surface area contributed by atoms with Crippen LogP contribution < -0.4 is 19.7 Å². The molecule has 1 saturated heterocycles. The van der Waals surface area contributed by atoms with Crippen LogP contribution in [0, 0.1) is 5.92 Å². The number of aromatic nitrogens is 3. The molecule has 32 heavy (non-hydrogen) atoms. The third-order valence-corrected chi connectivity index (χ3v) is 4.77. The van der Waals surface area contributed by atoms with Crippen LogP contribution in [-0.4, -0.2) is 52.8 Å². The maximum absolute atomic E-state index is 13.4. The van der Waals surface area contributed by atoms with Gasteiger partial charge in [0, 0.05) is 6.20 Å². The van der Waals surface area contributed by atoms with Crippen molar-refractivity contribution in [2.24, 2.45) is 5.92 Å². The third kappa shape index (κ3) is 5.32. The average Bonchev–Trinajstić information content (AvgIpc) is 3.53. The molecule has 0 radical (unpaired) electrons. The van der Waals surface area contributed by atoms with E-state index in [9.17, 15) is 26.7 Å². The van der Waals surface area contributed by atoms with Gasteiger partial charge in [-0.2, -0.15) is 18.2 Å². The lowest BCUT2D eigenvalue weighted by molar-refractivity contribution is -0.156. The lowest BCUT2D eigenvalue weighted by Crippen LogP contribution is -2.56. The maximum Gasteiger partial charge on any atom is 0.414 e. The zero-order valence-corrected chi connectivity index (χ0v) is 16.5. The van der Waals surface area contributed by atoms with Gasteiger partial charge in [-0.15, -0.1) is 0 Å². The number of rotatable bonds is 7. The molecule has 2 aromatic rings. The number of nitrogens with zero attached hydrogens (tertiary/aromatic N) is 4. The van der Waals surface area contributed by atoms with Crippen molar-refractivity contribution in [3.8, 4) is 11.8 Å². The van der Waals surface area contributed by atoms with Crippen LogP contribution in [0.15, 0.2) is 30.6 Å². The Hall–Kier alpha value is -3.25. The number of carbonyl (C=O) groups excluding carboxylic acids is 1. The number of carbonyl (C=O) groups is 1. The van der Waals surface area contributed by atoms with Gasteiger partial charge in [0.05, 0.1) is 31.6 Å². The number of anilines is 1. The Morgan fingerprint density at radius 2 is 2.00 bits per heavy atom. The van der Waals surface area contributed by atoms with Crippen molar-refractivity contribution in [2.45, 2.75) is 31.0 Å². The number of hydrogen-bond acceptors (Lipinski definition) is 7. The van der Waals surface area contributed by atoms with E-state index in [1.54, 1.807) is 5.32 Å². The molecule has 4 rings (SSSR count). The van der Waals surface area contributed by atoms with Gasteiger partial charge in [0.25, 0.3) is 11.8 Å². The van der Waals surface area contributed by atoms with E-state index in [0.717, 1.165) is 31.3 Å². The van der Waals surface area contributed by atoms with Crippen molar-refractivity contribution in [1.29, 1.82) is 0 Å². The Kier molecular flexibility index (Phi) is 5.73. The van der Waals surface area contributed by atoms with Crippen LogP contribution in [0.4, 0.5) is 32.6 Å². The van der Waals surface area contributed by atoms with Crippen molar-refractivity contribution in [1.82, 2.24) is 20.3 Å². The summed E-state index contributed by atoms with van der Waals surface area (Å²) in [6.07, 6.45) is -2.24. The first-order valence-corrected chi connectivity index (χ1v) is 9.69. The third-order valence-electron chi connectivity index (χ3n) is 4.77. The van der Waals surface area contributed by atoms with Crippen LogP contribution in [0.2, 0.25) is 0 Å². The molecule has 0 aromatic carbocycles. The zero-order chi connectivity index (χ0) is 22.9. The van der Waals surface area contributed by atoms with E-state index in [4.69, 9.17) is 9.47 Å². The number of hydrogen-bond donors (Lipinski definition) is 1. The highest BCUT2D eigenvalue weighted by atomic mass is 19.4. The predicted molar refractivity (Wildman–Crippen MR) is 99.6 cm³/mol. The molecule has 1 saturated carbocycles. The summed E-state index contributed by atoms with van der Waals surface area (Å²) in [5, 5.41) is 1.71. The Balaban J connectivity index is 1.47. The van der Waals surface area contributed by atoms with Crippen LogP contribution in [0.5, 0.6) is 11.8 Å². The highest BCUT2D eigenvalue weighted by Crippen LogP contribution is 2.37. The lowest BCUT2D eigenvalue weighted by atomic mass is 10.1. The molecule has 1 aliphatic carbocycles. The number of nitrogens with one attached hydrogen (secondary N) is 1. The molecule has 1 atom stereocenters. The first-order valence-electron chi connectivity index (χ1n) is 9.69. The van der Waals surface area contributed by atoms with Gasteiger partial charge < -0.3 is 19.7 Å². The van der Waals surface area contributed by atoms with Crippen molar-refractivity contribution in [3.05, 3.63) is 36.3 Å². The van der Waals surface area contributed by atoms with Gasteiger partial charge in [-0.3, -0.25) is 4.98 Å². The molecule has 8 nitrogen and oxygen atoms in total. The first kappa shape index (κ1) is 22.0. The fourth-order valence-corrected chi connectivity index (χ4v) is 2.97.